The Balaban J connectivity index is 2.23. The fourth-order valence-corrected chi connectivity index (χ4v) is 2.36. The lowest BCUT2D eigenvalue weighted by molar-refractivity contribution is -0.115. The van der Waals surface area contributed by atoms with Gasteiger partial charge in [-0.15, -0.1) is 0 Å². The highest BCUT2D eigenvalue weighted by molar-refractivity contribution is 5.91. The predicted octanol–water partition coefficient (Wildman–Crippen LogP) is 3.70. The van der Waals surface area contributed by atoms with Crippen molar-refractivity contribution < 1.29 is 4.79 Å². The van der Waals surface area contributed by atoms with Crippen LogP contribution in [0.4, 0.5) is 11.5 Å². The minimum Gasteiger partial charge on any atom is -0.399 e. The van der Waals surface area contributed by atoms with Crippen LogP contribution in [0, 0.1) is 0 Å². The summed E-state index contributed by atoms with van der Waals surface area (Å²) in [5, 5.41) is 7.71. The Bertz CT molecular complexity index is 715. The standard InChI is InChI=1S/C19H28N4O/c1-18(2,3)15-12-16(23(22-15)19(4,5)6)21-17(24)11-13-7-9-14(20)10-8-13/h7-10,12H,11,20H2,1-6H3,(H,21,24). The Morgan fingerprint density at radius 2 is 1.71 bits per heavy atom. The number of rotatable bonds is 3. The SMILES string of the molecule is CC(C)(C)c1cc(NC(=O)Cc2ccc(N)cc2)n(C(C)(C)C)n1. The molecule has 1 heterocycles. The lowest BCUT2D eigenvalue weighted by Gasteiger charge is -2.23. The summed E-state index contributed by atoms with van der Waals surface area (Å²) < 4.78 is 1.88. The minimum absolute atomic E-state index is 0.0642. The lowest BCUT2D eigenvalue weighted by atomic mass is 9.92. The monoisotopic (exact) mass is 328 g/mol. The fourth-order valence-electron chi connectivity index (χ4n) is 2.36. The smallest absolute Gasteiger partial charge is 0.229 e. The van der Waals surface area contributed by atoms with Crippen LogP contribution in [-0.2, 0) is 22.2 Å². The molecule has 0 aliphatic carbocycles. The van der Waals surface area contributed by atoms with E-state index in [1.807, 2.05) is 22.9 Å². The predicted molar refractivity (Wildman–Crippen MR) is 99.1 cm³/mol. The molecule has 0 spiro atoms. The number of carbonyl (C=O) groups is 1. The Morgan fingerprint density at radius 1 is 1.12 bits per heavy atom. The zero-order chi connectivity index (χ0) is 18.1. The van der Waals surface area contributed by atoms with E-state index >= 15 is 0 Å². The summed E-state index contributed by atoms with van der Waals surface area (Å²) in [6.07, 6.45) is 0.306. The third kappa shape index (κ3) is 4.37. The highest BCUT2D eigenvalue weighted by Crippen LogP contribution is 2.28. The van der Waals surface area contributed by atoms with Gasteiger partial charge in [0.15, 0.2) is 0 Å². The quantitative estimate of drug-likeness (QED) is 0.844. The van der Waals surface area contributed by atoms with Crippen molar-refractivity contribution in [2.45, 2.75) is 58.9 Å². The Hall–Kier alpha value is -2.30. The van der Waals surface area contributed by atoms with E-state index in [4.69, 9.17) is 10.8 Å². The van der Waals surface area contributed by atoms with Gasteiger partial charge in [-0.1, -0.05) is 32.9 Å². The van der Waals surface area contributed by atoms with Crippen molar-refractivity contribution in [3.63, 3.8) is 0 Å². The molecule has 1 aromatic carbocycles. The van der Waals surface area contributed by atoms with Gasteiger partial charge in [-0.25, -0.2) is 4.68 Å². The molecule has 0 radical (unpaired) electrons. The second-order valence-corrected chi connectivity index (χ2v) is 8.21. The number of nitrogens with zero attached hydrogens (tertiary/aromatic N) is 2. The molecule has 3 N–H and O–H groups in total. The van der Waals surface area contributed by atoms with Crippen molar-refractivity contribution in [3.05, 3.63) is 41.6 Å². The number of anilines is 2. The Morgan fingerprint density at radius 3 is 2.21 bits per heavy atom. The van der Waals surface area contributed by atoms with Gasteiger partial charge in [0, 0.05) is 17.2 Å². The molecule has 0 aliphatic rings. The molecule has 0 atom stereocenters. The van der Waals surface area contributed by atoms with E-state index in [0.717, 1.165) is 17.1 Å². The summed E-state index contributed by atoms with van der Waals surface area (Å²) in [7, 11) is 0. The molecule has 5 heteroatoms. The van der Waals surface area contributed by atoms with Crippen molar-refractivity contribution >= 4 is 17.4 Å². The maximum atomic E-state index is 12.4. The van der Waals surface area contributed by atoms with E-state index in [9.17, 15) is 4.79 Å². The molecule has 1 aromatic heterocycles. The number of nitrogen functional groups attached to an aromatic ring is 1. The van der Waals surface area contributed by atoms with Gasteiger partial charge in [-0.05, 0) is 38.5 Å². The van der Waals surface area contributed by atoms with E-state index in [-0.39, 0.29) is 16.9 Å². The number of benzene rings is 1. The van der Waals surface area contributed by atoms with Crippen LogP contribution in [0.2, 0.25) is 0 Å². The zero-order valence-electron chi connectivity index (χ0n) is 15.5. The van der Waals surface area contributed by atoms with Gasteiger partial charge in [0.25, 0.3) is 0 Å². The first-order valence-electron chi connectivity index (χ1n) is 8.22. The molecule has 0 fully saturated rings. The minimum atomic E-state index is -0.215. The molecule has 0 unspecified atom stereocenters. The van der Waals surface area contributed by atoms with Crippen molar-refractivity contribution in [2.24, 2.45) is 0 Å². The van der Waals surface area contributed by atoms with Crippen molar-refractivity contribution in [1.82, 2.24) is 9.78 Å². The molecule has 130 valence electrons. The second kappa shape index (κ2) is 6.30. The largest absolute Gasteiger partial charge is 0.399 e. The number of nitrogens with one attached hydrogen (secondary N) is 1. The summed E-state index contributed by atoms with van der Waals surface area (Å²) in [6, 6.07) is 9.32. The van der Waals surface area contributed by atoms with Crippen molar-refractivity contribution in [2.75, 3.05) is 11.1 Å². The van der Waals surface area contributed by atoms with Crippen LogP contribution >= 0.6 is 0 Å². The summed E-state index contributed by atoms with van der Waals surface area (Å²) in [5.74, 6) is 0.665. The number of nitrogens with two attached hydrogens (primary N) is 1. The highest BCUT2D eigenvalue weighted by Gasteiger charge is 2.25. The first-order valence-corrected chi connectivity index (χ1v) is 8.22. The van der Waals surface area contributed by atoms with Gasteiger partial charge in [0.1, 0.15) is 5.82 Å². The summed E-state index contributed by atoms with van der Waals surface area (Å²) in [5.41, 5.74) is 7.97. The third-order valence-electron chi connectivity index (χ3n) is 3.73. The zero-order valence-corrected chi connectivity index (χ0v) is 15.5. The molecule has 0 aliphatic heterocycles. The van der Waals surface area contributed by atoms with E-state index in [2.05, 4.69) is 46.9 Å². The summed E-state index contributed by atoms with van der Waals surface area (Å²) >= 11 is 0. The van der Waals surface area contributed by atoms with Crippen LogP contribution in [0.3, 0.4) is 0 Å². The van der Waals surface area contributed by atoms with E-state index in [0.29, 0.717) is 12.1 Å². The number of carbonyl (C=O) groups excluding carboxylic acids is 1. The molecule has 1 amide bonds. The van der Waals surface area contributed by atoms with Gasteiger partial charge in [-0.2, -0.15) is 5.10 Å². The number of hydrogen-bond acceptors (Lipinski definition) is 3. The lowest BCUT2D eigenvalue weighted by Crippen LogP contribution is -2.27. The first kappa shape index (κ1) is 18.0. The molecule has 5 nitrogen and oxygen atoms in total. The number of aromatic nitrogens is 2. The highest BCUT2D eigenvalue weighted by atomic mass is 16.1. The summed E-state index contributed by atoms with van der Waals surface area (Å²) in [4.78, 5) is 12.4. The second-order valence-electron chi connectivity index (χ2n) is 8.21. The average molecular weight is 328 g/mol. The maximum Gasteiger partial charge on any atom is 0.229 e. The first-order chi connectivity index (χ1) is 11.0. The normalized spacial score (nSPS) is 12.2. The van der Waals surface area contributed by atoms with Gasteiger partial charge in [0.2, 0.25) is 5.91 Å². The van der Waals surface area contributed by atoms with Crippen LogP contribution in [0.15, 0.2) is 30.3 Å². The van der Waals surface area contributed by atoms with Gasteiger partial charge in [0.05, 0.1) is 17.7 Å². The van der Waals surface area contributed by atoms with E-state index in [1.54, 1.807) is 12.1 Å². The van der Waals surface area contributed by atoms with Gasteiger partial charge >= 0.3 is 0 Å². The topological polar surface area (TPSA) is 72.9 Å². The Labute approximate surface area is 144 Å². The van der Waals surface area contributed by atoms with Crippen molar-refractivity contribution in [3.8, 4) is 0 Å². The molecule has 0 saturated heterocycles. The maximum absolute atomic E-state index is 12.4. The van der Waals surface area contributed by atoms with E-state index in [1.165, 1.54) is 0 Å². The van der Waals surface area contributed by atoms with Crippen LogP contribution in [-0.4, -0.2) is 15.7 Å². The van der Waals surface area contributed by atoms with Crippen LogP contribution < -0.4 is 11.1 Å². The fraction of sp³-hybridized carbons (Fsp3) is 0.474. The molecule has 24 heavy (non-hydrogen) atoms. The van der Waals surface area contributed by atoms with Gasteiger partial charge < -0.3 is 11.1 Å². The molecule has 0 saturated carbocycles. The van der Waals surface area contributed by atoms with E-state index < -0.39 is 0 Å². The molecule has 2 aromatic rings. The number of amides is 1. The summed E-state index contributed by atoms with van der Waals surface area (Å²) in [6.45, 7) is 12.6. The van der Waals surface area contributed by atoms with Crippen LogP contribution in [0.25, 0.3) is 0 Å². The average Bonchev–Trinajstić information content (AvgIpc) is 2.85. The van der Waals surface area contributed by atoms with Crippen molar-refractivity contribution in [1.29, 1.82) is 0 Å². The number of hydrogen-bond donors (Lipinski definition) is 2. The molecular weight excluding hydrogens is 300 g/mol. The van der Waals surface area contributed by atoms with Gasteiger partial charge in [-0.3, -0.25) is 4.79 Å². The third-order valence-corrected chi connectivity index (χ3v) is 3.73. The molecule has 0 bridgehead atoms. The van der Waals surface area contributed by atoms with Crippen LogP contribution in [0.5, 0.6) is 0 Å². The molecule has 2 rings (SSSR count). The Kier molecular flexibility index (Phi) is 4.74. The van der Waals surface area contributed by atoms with Crippen LogP contribution in [0.1, 0.15) is 52.8 Å². The molecular formula is C19H28N4O.